The van der Waals surface area contributed by atoms with Gasteiger partial charge in [0, 0.05) is 22.1 Å². The number of nitrogens with zero attached hydrogens (tertiary/aromatic N) is 3. The lowest BCUT2D eigenvalue weighted by molar-refractivity contribution is -0.384. The Hall–Kier alpha value is -1.58. The van der Waals surface area contributed by atoms with E-state index in [1.165, 1.54) is 23.6 Å². The van der Waals surface area contributed by atoms with E-state index in [-0.39, 0.29) is 18.1 Å². The Bertz CT molecular complexity index is 604. The number of hydrogen-bond donors (Lipinski definition) is 2. The molecule has 0 radical (unpaired) electrons. The van der Waals surface area contributed by atoms with Crippen molar-refractivity contribution in [3.8, 4) is 0 Å². The van der Waals surface area contributed by atoms with E-state index in [0.29, 0.717) is 16.7 Å². The number of anilines is 1. The van der Waals surface area contributed by atoms with Gasteiger partial charge >= 0.3 is 5.69 Å². The number of thiazole rings is 1. The first-order valence-corrected chi connectivity index (χ1v) is 6.85. The molecule has 0 atom stereocenters. The minimum absolute atomic E-state index is 0.103. The van der Waals surface area contributed by atoms with Crippen LogP contribution in [0, 0.1) is 10.1 Å². The molecule has 0 bridgehead atoms. The summed E-state index contributed by atoms with van der Waals surface area (Å²) in [7, 11) is 0. The highest BCUT2D eigenvalue weighted by molar-refractivity contribution is 9.10. The summed E-state index contributed by atoms with van der Waals surface area (Å²) in [6.45, 7) is 0.202. The first-order chi connectivity index (χ1) is 9.10. The largest absolute Gasteiger partial charge is 0.390 e. The molecule has 0 aromatic carbocycles. The zero-order chi connectivity index (χ0) is 13.8. The van der Waals surface area contributed by atoms with Gasteiger partial charge in [-0.3, -0.25) is 10.1 Å². The quantitative estimate of drug-likeness (QED) is 0.637. The van der Waals surface area contributed by atoms with Gasteiger partial charge in [-0.15, -0.1) is 11.3 Å². The molecular formula is C10H9BrN4O3S. The van der Waals surface area contributed by atoms with Crippen LogP contribution in [0.25, 0.3) is 0 Å². The molecule has 0 saturated carbocycles. The fourth-order valence-corrected chi connectivity index (χ4v) is 2.41. The van der Waals surface area contributed by atoms with Gasteiger partial charge in [0.05, 0.1) is 23.8 Å². The lowest BCUT2D eigenvalue weighted by Crippen LogP contribution is -2.04. The minimum atomic E-state index is -0.499. The minimum Gasteiger partial charge on any atom is -0.390 e. The number of nitrogens with one attached hydrogen (secondary N) is 1. The Labute approximate surface area is 120 Å². The van der Waals surface area contributed by atoms with Crippen molar-refractivity contribution in [1.82, 2.24) is 9.97 Å². The Morgan fingerprint density at radius 3 is 3.00 bits per heavy atom. The number of hydrogen-bond acceptors (Lipinski definition) is 7. The zero-order valence-electron chi connectivity index (χ0n) is 9.54. The van der Waals surface area contributed by atoms with Crippen molar-refractivity contribution < 1.29 is 10.0 Å². The molecule has 0 spiro atoms. The third kappa shape index (κ3) is 3.46. The predicted octanol–water partition coefficient (Wildman–Crippen LogP) is 2.31. The molecule has 0 aliphatic heterocycles. The average Bonchev–Trinajstić information content (AvgIpc) is 2.85. The lowest BCUT2D eigenvalue weighted by Gasteiger charge is -2.04. The van der Waals surface area contributed by atoms with Crippen LogP contribution >= 0.6 is 27.3 Å². The zero-order valence-corrected chi connectivity index (χ0v) is 11.9. The lowest BCUT2D eigenvalue weighted by atomic mass is 10.4. The summed E-state index contributed by atoms with van der Waals surface area (Å²) >= 11 is 4.51. The number of pyridine rings is 1. The topological polar surface area (TPSA) is 101 Å². The maximum absolute atomic E-state index is 10.9. The van der Waals surface area contributed by atoms with Crippen molar-refractivity contribution in [2.45, 2.75) is 13.2 Å². The molecule has 2 heterocycles. The Kier molecular flexibility index (Phi) is 4.40. The van der Waals surface area contributed by atoms with Crippen LogP contribution in [0.15, 0.2) is 22.1 Å². The average molecular weight is 345 g/mol. The number of aliphatic hydroxyl groups is 1. The smallest absolute Gasteiger partial charge is 0.312 e. The summed E-state index contributed by atoms with van der Waals surface area (Å²) < 4.78 is 0.543. The fraction of sp³-hybridized carbons (Fsp3) is 0.200. The van der Waals surface area contributed by atoms with Crippen LogP contribution in [0.3, 0.4) is 0 Å². The first-order valence-electron chi connectivity index (χ1n) is 5.18. The Morgan fingerprint density at radius 1 is 1.58 bits per heavy atom. The van der Waals surface area contributed by atoms with Gasteiger partial charge in [-0.2, -0.15) is 0 Å². The Morgan fingerprint density at radius 2 is 2.37 bits per heavy atom. The van der Waals surface area contributed by atoms with E-state index in [2.05, 4.69) is 31.2 Å². The standard InChI is InChI=1S/C10H9BrN4O3S/c11-6-1-8(15(17)18)10(12-2-6)13-3-9-14-7(4-16)5-19-9/h1-2,5,16H,3-4H2,(H,12,13). The first kappa shape index (κ1) is 13.8. The summed E-state index contributed by atoms with van der Waals surface area (Å²) in [5.74, 6) is 0.189. The molecule has 100 valence electrons. The van der Waals surface area contributed by atoms with E-state index in [1.807, 2.05) is 0 Å². The molecule has 0 unspecified atom stereocenters. The van der Waals surface area contributed by atoms with E-state index in [1.54, 1.807) is 5.38 Å². The molecule has 19 heavy (non-hydrogen) atoms. The molecule has 0 aliphatic rings. The summed E-state index contributed by atoms with van der Waals surface area (Å²) in [5.41, 5.74) is 0.480. The number of nitro groups is 1. The van der Waals surface area contributed by atoms with Crippen molar-refractivity contribution in [1.29, 1.82) is 0 Å². The molecule has 7 nitrogen and oxygen atoms in total. The molecule has 9 heteroatoms. The van der Waals surface area contributed by atoms with Crippen LogP contribution < -0.4 is 5.32 Å². The monoisotopic (exact) mass is 344 g/mol. The molecular weight excluding hydrogens is 336 g/mol. The van der Waals surface area contributed by atoms with Gasteiger partial charge < -0.3 is 10.4 Å². The number of aliphatic hydroxyl groups excluding tert-OH is 1. The van der Waals surface area contributed by atoms with E-state index < -0.39 is 4.92 Å². The van der Waals surface area contributed by atoms with Gasteiger partial charge in [0.2, 0.25) is 5.82 Å². The predicted molar refractivity (Wildman–Crippen MR) is 74.0 cm³/mol. The molecule has 0 saturated heterocycles. The highest BCUT2D eigenvalue weighted by atomic mass is 79.9. The fourth-order valence-electron chi connectivity index (χ4n) is 1.37. The number of halogens is 1. The van der Waals surface area contributed by atoms with Gasteiger partial charge in [0.25, 0.3) is 0 Å². The van der Waals surface area contributed by atoms with Gasteiger partial charge in [0.15, 0.2) is 0 Å². The van der Waals surface area contributed by atoms with Gasteiger partial charge in [0.1, 0.15) is 5.01 Å². The van der Waals surface area contributed by atoms with Crippen molar-refractivity contribution in [3.05, 3.63) is 42.9 Å². The molecule has 2 aromatic heterocycles. The highest BCUT2D eigenvalue weighted by Gasteiger charge is 2.16. The van der Waals surface area contributed by atoms with E-state index in [4.69, 9.17) is 5.11 Å². The van der Waals surface area contributed by atoms with Crippen LogP contribution in [0.5, 0.6) is 0 Å². The third-order valence-electron chi connectivity index (χ3n) is 2.20. The van der Waals surface area contributed by atoms with Crippen molar-refractivity contribution >= 4 is 38.8 Å². The summed E-state index contributed by atoms with van der Waals surface area (Å²) in [6.07, 6.45) is 1.48. The Balaban J connectivity index is 2.12. The van der Waals surface area contributed by atoms with E-state index >= 15 is 0 Å². The SMILES string of the molecule is O=[N+]([O-])c1cc(Br)cnc1NCc1nc(CO)cs1. The van der Waals surface area contributed by atoms with Crippen molar-refractivity contribution in [3.63, 3.8) is 0 Å². The van der Waals surface area contributed by atoms with Gasteiger partial charge in [-0.25, -0.2) is 9.97 Å². The second-order valence-corrected chi connectivity index (χ2v) is 5.38. The highest BCUT2D eigenvalue weighted by Crippen LogP contribution is 2.25. The number of rotatable bonds is 5. The van der Waals surface area contributed by atoms with Crippen LogP contribution in [-0.2, 0) is 13.2 Å². The van der Waals surface area contributed by atoms with E-state index in [0.717, 1.165) is 5.01 Å². The molecule has 0 amide bonds. The van der Waals surface area contributed by atoms with E-state index in [9.17, 15) is 10.1 Å². The van der Waals surface area contributed by atoms with Crippen LogP contribution in [0.4, 0.5) is 11.5 Å². The second kappa shape index (κ2) is 6.04. The molecule has 2 aromatic rings. The molecule has 0 fully saturated rings. The van der Waals surface area contributed by atoms with Gasteiger partial charge in [-0.1, -0.05) is 0 Å². The van der Waals surface area contributed by atoms with Crippen LogP contribution in [-0.4, -0.2) is 20.0 Å². The molecule has 0 aliphatic carbocycles. The van der Waals surface area contributed by atoms with Crippen LogP contribution in [0.1, 0.15) is 10.7 Å². The normalized spacial score (nSPS) is 10.4. The van der Waals surface area contributed by atoms with Crippen LogP contribution in [0.2, 0.25) is 0 Å². The maximum atomic E-state index is 10.9. The summed E-state index contributed by atoms with van der Waals surface area (Å²) in [5, 5.41) is 25.1. The third-order valence-corrected chi connectivity index (χ3v) is 3.53. The second-order valence-electron chi connectivity index (χ2n) is 3.52. The summed E-state index contributed by atoms with van der Waals surface area (Å²) in [4.78, 5) is 18.5. The van der Waals surface area contributed by atoms with Gasteiger partial charge in [-0.05, 0) is 15.9 Å². The summed E-state index contributed by atoms with van der Waals surface area (Å²) in [6, 6.07) is 1.39. The molecule has 2 N–H and O–H groups in total. The molecule has 2 rings (SSSR count). The number of aromatic nitrogens is 2. The van der Waals surface area contributed by atoms with Crippen molar-refractivity contribution in [2.24, 2.45) is 0 Å². The van der Waals surface area contributed by atoms with Crippen molar-refractivity contribution in [2.75, 3.05) is 5.32 Å². The maximum Gasteiger partial charge on any atom is 0.312 e.